The number of benzene rings is 2. The van der Waals surface area contributed by atoms with Crippen molar-refractivity contribution < 1.29 is 9.50 Å². The van der Waals surface area contributed by atoms with Gasteiger partial charge in [-0.3, -0.25) is 4.90 Å². The Balaban J connectivity index is 1.65. The van der Waals surface area contributed by atoms with E-state index in [0.717, 1.165) is 18.7 Å². The van der Waals surface area contributed by atoms with E-state index >= 15 is 0 Å². The summed E-state index contributed by atoms with van der Waals surface area (Å²) >= 11 is 0. The van der Waals surface area contributed by atoms with Crippen LogP contribution in [0.3, 0.4) is 0 Å². The first-order valence-corrected chi connectivity index (χ1v) is 9.58. The van der Waals surface area contributed by atoms with Gasteiger partial charge in [0.15, 0.2) is 11.6 Å². The van der Waals surface area contributed by atoms with E-state index < -0.39 is 0 Å². The molecule has 1 fully saturated rings. The van der Waals surface area contributed by atoms with Gasteiger partial charge in [0.25, 0.3) is 0 Å². The van der Waals surface area contributed by atoms with Gasteiger partial charge in [-0.05, 0) is 61.8 Å². The van der Waals surface area contributed by atoms with Crippen LogP contribution in [-0.4, -0.2) is 37.9 Å². The Morgan fingerprint density at radius 1 is 0.964 bits per heavy atom. The Labute approximate surface area is 163 Å². The molecule has 5 nitrogen and oxygen atoms in total. The average molecular weight is 378 g/mol. The number of phenols is 1. The number of rotatable bonds is 5. The van der Waals surface area contributed by atoms with Crippen molar-refractivity contribution in [1.29, 1.82) is 0 Å². The topological polar surface area (TPSA) is 54.2 Å². The molecule has 0 bridgehead atoms. The number of piperidine rings is 1. The third kappa shape index (κ3) is 4.28. The summed E-state index contributed by atoms with van der Waals surface area (Å²) in [5.74, 6) is 1.12. The van der Waals surface area contributed by atoms with Gasteiger partial charge in [0.2, 0.25) is 0 Å². The van der Waals surface area contributed by atoms with Gasteiger partial charge in [-0.2, -0.15) is 0 Å². The zero-order valence-corrected chi connectivity index (χ0v) is 15.6. The first-order chi connectivity index (χ1) is 13.7. The van der Waals surface area contributed by atoms with Gasteiger partial charge < -0.3 is 5.11 Å². The summed E-state index contributed by atoms with van der Waals surface area (Å²) in [6.07, 6.45) is 7.32. The molecule has 6 heteroatoms. The lowest BCUT2D eigenvalue weighted by atomic mass is 10.1. The van der Waals surface area contributed by atoms with Gasteiger partial charge in [-0.25, -0.2) is 14.1 Å². The Hall–Kier alpha value is -2.99. The molecule has 1 N–H and O–H groups in total. The van der Waals surface area contributed by atoms with Crippen LogP contribution in [0.2, 0.25) is 0 Å². The van der Waals surface area contributed by atoms with Gasteiger partial charge in [-0.1, -0.05) is 36.8 Å². The van der Waals surface area contributed by atoms with E-state index in [2.05, 4.69) is 15.0 Å². The first kappa shape index (κ1) is 18.4. The van der Waals surface area contributed by atoms with Crippen LogP contribution in [-0.2, 0) is 6.67 Å². The summed E-state index contributed by atoms with van der Waals surface area (Å²) in [6.45, 7) is 2.72. The van der Waals surface area contributed by atoms with Crippen molar-refractivity contribution in [3.8, 4) is 17.1 Å². The fourth-order valence-corrected chi connectivity index (χ4v) is 3.43. The molecule has 0 amide bonds. The normalized spacial score (nSPS) is 15.3. The lowest BCUT2D eigenvalue weighted by molar-refractivity contribution is 0.174. The molecular formula is C22H23FN4O. The van der Waals surface area contributed by atoms with Crippen LogP contribution in [0.15, 0.2) is 48.5 Å². The highest BCUT2D eigenvalue weighted by atomic mass is 19.1. The minimum Gasteiger partial charge on any atom is -0.507 e. The molecule has 0 saturated carbocycles. The van der Waals surface area contributed by atoms with E-state index in [1.807, 2.05) is 29.0 Å². The number of likely N-dealkylation sites (tertiary alicyclic amines) is 1. The van der Waals surface area contributed by atoms with E-state index in [4.69, 9.17) is 0 Å². The summed E-state index contributed by atoms with van der Waals surface area (Å²) in [5.41, 5.74) is 1.53. The van der Waals surface area contributed by atoms with Crippen LogP contribution in [0.4, 0.5) is 4.39 Å². The molecule has 2 aromatic carbocycles. The molecule has 144 valence electrons. The SMILES string of the molecule is Oc1ccccc1-c1nc(/C=C/c2ccc(F)cc2)nn1CN1CCCCC1. The van der Waals surface area contributed by atoms with Crippen molar-refractivity contribution in [2.24, 2.45) is 0 Å². The van der Waals surface area contributed by atoms with E-state index in [9.17, 15) is 9.50 Å². The first-order valence-electron chi connectivity index (χ1n) is 9.58. The molecule has 4 rings (SSSR count). The number of hydrogen-bond donors (Lipinski definition) is 1. The number of phenolic OH excluding ortho intramolecular Hbond substituents is 1. The molecule has 0 radical (unpaired) electrons. The van der Waals surface area contributed by atoms with Crippen molar-refractivity contribution in [3.63, 3.8) is 0 Å². The average Bonchev–Trinajstić information content (AvgIpc) is 3.11. The molecule has 0 aliphatic carbocycles. The molecule has 0 spiro atoms. The highest BCUT2D eigenvalue weighted by molar-refractivity contribution is 5.69. The Kier molecular flexibility index (Phi) is 5.48. The van der Waals surface area contributed by atoms with Gasteiger partial charge in [-0.15, -0.1) is 5.10 Å². The number of aromatic hydroxyl groups is 1. The summed E-state index contributed by atoms with van der Waals surface area (Å²) in [6, 6.07) is 13.4. The molecule has 1 aliphatic rings. The van der Waals surface area contributed by atoms with E-state index in [1.165, 1.54) is 31.4 Å². The summed E-state index contributed by atoms with van der Waals surface area (Å²) in [4.78, 5) is 7.00. The quantitative estimate of drug-likeness (QED) is 0.715. The number of nitrogens with zero attached hydrogens (tertiary/aromatic N) is 4. The minimum absolute atomic E-state index is 0.184. The summed E-state index contributed by atoms with van der Waals surface area (Å²) in [5, 5.41) is 14.9. The van der Waals surface area contributed by atoms with Crippen molar-refractivity contribution in [3.05, 3.63) is 65.7 Å². The summed E-state index contributed by atoms with van der Waals surface area (Å²) < 4.78 is 14.9. The zero-order chi connectivity index (χ0) is 19.3. The largest absolute Gasteiger partial charge is 0.507 e. The Morgan fingerprint density at radius 2 is 1.71 bits per heavy atom. The molecule has 2 heterocycles. The summed E-state index contributed by atoms with van der Waals surface area (Å²) in [7, 11) is 0. The van der Waals surface area contributed by atoms with E-state index in [0.29, 0.717) is 23.9 Å². The van der Waals surface area contributed by atoms with Crippen LogP contribution in [0.5, 0.6) is 5.75 Å². The highest BCUT2D eigenvalue weighted by Gasteiger charge is 2.17. The van der Waals surface area contributed by atoms with Crippen LogP contribution < -0.4 is 0 Å². The number of halogens is 1. The number of aromatic nitrogens is 3. The minimum atomic E-state index is -0.261. The molecule has 1 aliphatic heterocycles. The molecular weight excluding hydrogens is 355 g/mol. The van der Waals surface area contributed by atoms with Gasteiger partial charge in [0, 0.05) is 0 Å². The zero-order valence-electron chi connectivity index (χ0n) is 15.6. The third-order valence-corrected chi connectivity index (χ3v) is 4.91. The molecule has 0 unspecified atom stereocenters. The monoisotopic (exact) mass is 378 g/mol. The maximum Gasteiger partial charge on any atom is 0.174 e. The molecule has 1 aromatic heterocycles. The maximum atomic E-state index is 13.1. The predicted molar refractivity (Wildman–Crippen MR) is 108 cm³/mol. The van der Waals surface area contributed by atoms with Crippen molar-refractivity contribution in [2.75, 3.05) is 13.1 Å². The second-order valence-corrected chi connectivity index (χ2v) is 7.02. The fourth-order valence-electron chi connectivity index (χ4n) is 3.43. The highest BCUT2D eigenvalue weighted by Crippen LogP contribution is 2.28. The second-order valence-electron chi connectivity index (χ2n) is 7.02. The van der Waals surface area contributed by atoms with Crippen molar-refractivity contribution in [1.82, 2.24) is 19.7 Å². The van der Waals surface area contributed by atoms with Crippen LogP contribution in [0.25, 0.3) is 23.5 Å². The fraction of sp³-hybridized carbons (Fsp3) is 0.273. The van der Waals surface area contributed by atoms with Crippen molar-refractivity contribution in [2.45, 2.75) is 25.9 Å². The Morgan fingerprint density at radius 3 is 2.46 bits per heavy atom. The molecule has 28 heavy (non-hydrogen) atoms. The lowest BCUT2D eigenvalue weighted by Crippen LogP contribution is -2.32. The van der Waals surface area contributed by atoms with Gasteiger partial charge >= 0.3 is 0 Å². The standard InChI is InChI=1S/C22H23FN4O/c23-18-11-8-17(9-12-18)10-13-21-24-22(19-6-2-3-7-20(19)28)27(25-21)16-26-14-4-1-5-15-26/h2-3,6-13,28H,1,4-5,14-16H2/b13-10+. The van der Waals surface area contributed by atoms with Gasteiger partial charge in [0.05, 0.1) is 12.2 Å². The predicted octanol–water partition coefficient (Wildman–Crippen LogP) is 4.40. The maximum absolute atomic E-state index is 13.1. The van der Waals surface area contributed by atoms with E-state index in [-0.39, 0.29) is 11.6 Å². The van der Waals surface area contributed by atoms with Crippen molar-refractivity contribution >= 4 is 12.2 Å². The smallest absolute Gasteiger partial charge is 0.174 e. The molecule has 3 aromatic rings. The lowest BCUT2D eigenvalue weighted by Gasteiger charge is -2.26. The van der Waals surface area contributed by atoms with E-state index in [1.54, 1.807) is 24.3 Å². The van der Waals surface area contributed by atoms with Crippen LogP contribution in [0, 0.1) is 5.82 Å². The molecule has 1 saturated heterocycles. The number of para-hydroxylation sites is 1. The third-order valence-electron chi connectivity index (χ3n) is 4.91. The Bertz CT molecular complexity index is 959. The van der Waals surface area contributed by atoms with Crippen LogP contribution >= 0.6 is 0 Å². The second kappa shape index (κ2) is 8.35. The molecule has 0 atom stereocenters. The van der Waals surface area contributed by atoms with Crippen LogP contribution in [0.1, 0.15) is 30.7 Å². The number of hydrogen-bond acceptors (Lipinski definition) is 4. The van der Waals surface area contributed by atoms with Gasteiger partial charge in [0.1, 0.15) is 11.6 Å².